The minimum atomic E-state index is -0.673. The zero-order valence-electron chi connectivity index (χ0n) is 11.4. The second kappa shape index (κ2) is 8.18. The number of hydrogen-bond donors (Lipinski definition) is 1. The van der Waals surface area contributed by atoms with Gasteiger partial charge >= 0.3 is 5.97 Å². The topological polar surface area (TPSA) is 75.0 Å². The van der Waals surface area contributed by atoms with Crippen LogP contribution in [0, 0.1) is 11.3 Å². The van der Waals surface area contributed by atoms with E-state index < -0.39 is 5.97 Å². The zero-order chi connectivity index (χ0) is 15.0. The van der Waals surface area contributed by atoms with E-state index in [9.17, 15) is 10.1 Å². The highest BCUT2D eigenvalue weighted by Gasteiger charge is 2.19. The predicted octanol–water partition coefficient (Wildman–Crippen LogP) is 2.53. The summed E-state index contributed by atoms with van der Waals surface area (Å²) in [5, 5.41) is 12.5. The van der Waals surface area contributed by atoms with Crippen molar-refractivity contribution < 1.29 is 9.53 Å². The summed E-state index contributed by atoms with van der Waals surface area (Å²) in [7, 11) is 0. The Labute approximate surface area is 123 Å². The number of pyridine rings is 1. The molecule has 0 aliphatic rings. The van der Waals surface area contributed by atoms with Crippen LogP contribution in [0.4, 0.5) is 0 Å². The number of carbonyl (C=O) groups is 1. The molecule has 0 aliphatic heterocycles. The lowest BCUT2D eigenvalue weighted by atomic mass is 10.1. The van der Waals surface area contributed by atoms with Gasteiger partial charge in [-0.15, -0.1) is 0 Å². The van der Waals surface area contributed by atoms with Gasteiger partial charge in [-0.1, -0.05) is 18.5 Å². The van der Waals surface area contributed by atoms with Gasteiger partial charge in [-0.3, -0.25) is 0 Å². The summed E-state index contributed by atoms with van der Waals surface area (Å²) >= 11 is 6.03. The van der Waals surface area contributed by atoms with E-state index in [0.29, 0.717) is 17.8 Å². The Hall–Kier alpha value is -2.06. The number of nitriles is 1. The molecule has 0 bridgehead atoms. The van der Waals surface area contributed by atoms with Gasteiger partial charge in [-0.2, -0.15) is 5.26 Å². The molecule has 0 atom stereocenters. The number of aromatic nitrogens is 1. The van der Waals surface area contributed by atoms with E-state index in [1.54, 1.807) is 25.3 Å². The highest BCUT2D eigenvalue weighted by atomic mass is 35.5. The van der Waals surface area contributed by atoms with Crippen molar-refractivity contribution in [3.05, 3.63) is 34.6 Å². The van der Waals surface area contributed by atoms with Gasteiger partial charge in [0.15, 0.2) is 5.57 Å². The minimum Gasteiger partial charge on any atom is -0.462 e. The number of nitrogens with zero attached hydrogens (tertiary/aromatic N) is 2. The lowest BCUT2D eigenvalue weighted by Gasteiger charge is -2.13. The third-order valence-corrected chi connectivity index (χ3v) is 2.72. The molecule has 106 valence electrons. The monoisotopic (exact) mass is 293 g/mol. The summed E-state index contributed by atoms with van der Waals surface area (Å²) in [6, 6.07) is 5.27. The van der Waals surface area contributed by atoms with Gasteiger partial charge in [-0.25, -0.2) is 9.78 Å². The van der Waals surface area contributed by atoms with E-state index in [4.69, 9.17) is 16.3 Å². The maximum atomic E-state index is 11.9. The van der Waals surface area contributed by atoms with Crippen molar-refractivity contribution in [1.82, 2.24) is 10.3 Å². The van der Waals surface area contributed by atoms with Gasteiger partial charge in [0.1, 0.15) is 11.2 Å². The van der Waals surface area contributed by atoms with Gasteiger partial charge in [0.2, 0.25) is 0 Å². The molecule has 0 amide bonds. The van der Waals surface area contributed by atoms with Crippen molar-refractivity contribution >= 4 is 23.3 Å². The molecule has 0 radical (unpaired) electrons. The third-order valence-electron chi connectivity index (χ3n) is 2.42. The van der Waals surface area contributed by atoms with Crippen LogP contribution in [-0.2, 0) is 9.53 Å². The Bertz CT molecular complexity index is 550. The summed E-state index contributed by atoms with van der Waals surface area (Å²) < 4.78 is 4.89. The average molecular weight is 294 g/mol. The molecule has 0 unspecified atom stereocenters. The Morgan fingerprint density at radius 1 is 1.55 bits per heavy atom. The summed E-state index contributed by atoms with van der Waals surface area (Å²) in [6.45, 7) is 4.46. The van der Waals surface area contributed by atoms with E-state index in [2.05, 4.69) is 10.3 Å². The third kappa shape index (κ3) is 3.97. The first-order valence-corrected chi connectivity index (χ1v) is 6.69. The smallest absolute Gasteiger partial charge is 0.351 e. The molecule has 1 aromatic heterocycles. The molecule has 5 nitrogen and oxygen atoms in total. The standard InChI is InChI=1S/C14H16ClN3O2/c1-3-7-17-12(10-6-5-8-18-13(10)15)11(9-16)14(19)20-4-2/h5-6,8,17H,3-4,7H2,1-2H3/b12-11-. The maximum absolute atomic E-state index is 11.9. The van der Waals surface area contributed by atoms with Crippen molar-refractivity contribution in [2.45, 2.75) is 20.3 Å². The molecule has 0 aliphatic carbocycles. The fourth-order valence-corrected chi connectivity index (χ4v) is 1.76. The van der Waals surface area contributed by atoms with Gasteiger partial charge in [-0.05, 0) is 25.5 Å². The SMILES string of the molecule is CCCN/C(=C(/C#N)C(=O)OCC)c1cccnc1Cl. The molecule has 0 saturated heterocycles. The first kappa shape index (κ1) is 16.0. The Balaban J connectivity index is 3.33. The Kier molecular flexibility index (Phi) is 6.54. The number of hydrogen-bond acceptors (Lipinski definition) is 5. The molecule has 6 heteroatoms. The lowest BCUT2D eigenvalue weighted by molar-refractivity contribution is -0.137. The normalized spacial score (nSPS) is 11.3. The first-order chi connectivity index (χ1) is 9.65. The number of rotatable bonds is 6. The molecule has 0 spiro atoms. The van der Waals surface area contributed by atoms with Crippen LogP contribution in [0.25, 0.3) is 5.70 Å². The number of ether oxygens (including phenoxy) is 1. The molecule has 0 saturated carbocycles. The average Bonchev–Trinajstić information content (AvgIpc) is 2.44. The molecule has 20 heavy (non-hydrogen) atoms. The van der Waals surface area contributed by atoms with Gasteiger partial charge in [0.05, 0.1) is 12.3 Å². The van der Waals surface area contributed by atoms with Crippen LogP contribution in [0.2, 0.25) is 5.15 Å². The maximum Gasteiger partial charge on any atom is 0.351 e. The van der Waals surface area contributed by atoms with E-state index in [-0.39, 0.29) is 17.3 Å². The van der Waals surface area contributed by atoms with Crippen LogP contribution < -0.4 is 5.32 Å². The molecule has 1 rings (SSSR count). The van der Waals surface area contributed by atoms with Crippen LogP contribution in [0.1, 0.15) is 25.8 Å². The van der Waals surface area contributed by atoms with E-state index >= 15 is 0 Å². The van der Waals surface area contributed by atoms with Crippen LogP contribution in [-0.4, -0.2) is 24.1 Å². The summed E-state index contributed by atoms with van der Waals surface area (Å²) in [4.78, 5) is 15.8. The van der Waals surface area contributed by atoms with Crippen LogP contribution >= 0.6 is 11.6 Å². The van der Waals surface area contributed by atoms with Crippen molar-refractivity contribution in [3.63, 3.8) is 0 Å². The second-order valence-electron chi connectivity index (χ2n) is 3.85. The Morgan fingerprint density at radius 3 is 2.85 bits per heavy atom. The number of esters is 1. The molecule has 0 fully saturated rings. The number of carbonyl (C=O) groups excluding carboxylic acids is 1. The summed E-state index contributed by atoms with van der Waals surface area (Å²) in [5.41, 5.74) is 0.758. The minimum absolute atomic E-state index is 0.102. The summed E-state index contributed by atoms with van der Waals surface area (Å²) in [6.07, 6.45) is 2.38. The molecule has 1 aromatic rings. The molecular weight excluding hydrogens is 278 g/mol. The van der Waals surface area contributed by atoms with Gasteiger partial charge in [0, 0.05) is 18.3 Å². The van der Waals surface area contributed by atoms with Gasteiger partial charge in [0.25, 0.3) is 0 Å². The van der Waals surface area contributed by atoms with Crippen LogP contribution in [0.15, 0.2) is 23.9 Å². The van der Waals surface area contributed by atoms with Crippen molar-refractivity contribution in [2.75, 3.05) is 13.2 Å². The highest BCUT2D eigenvalue weighted by molar-refractivity contribution is 6.31. The highest BCUT2D eigenvalue weighted by Crippen LogP contribution is 2.23. The van der Waals surface area contributed by atoms with Gasteiger partial charge < -0.3 is 10.1 Å². The predicted molar refractivity (Wildman–Crippen MR) is 76.7 cm³/mol. The first-order valence-electron chi connectivity index (χ1n) is 6.31. The fourth-order valence-electron chi connectivity index (χ4n) is 1.55. The number of nitrogens with one attached hydrogen (secondary N) is 1. The molecule has 0 aromatic carbocycles. The van der Waals surface area contributed by atoms with Crippen molar-refractivity contribution in [3.8, 4) is 6.07 Å². The van der Waals surface area contributed by atoms with E-state index in [1.165, 1.54) is 0 Å². The summed E-state index contributed by atoms with van der Waals surface area (Å²) in [5.74, 6) is -0.673. The number of halogens is 1. The largest absolute Gasteiger partial charge is 0.462 e. The van der Waals surface area contributed by atoms with Crippen LogP contribution in [0.5, 0.6) is 0 Å². The molecule has 1 heterocycles. The van der Waals surface area contributed by atoms with Crippen molar-refractivity contribution in [2.24, 2.45) is 0 Å². The quantitative estimate of drug-likeness (QED) is 0.377. The second-order valence-corrected chi connectivity index (χ2v) is 4.21. The Morgan fingerprint density at radius 2 is 2.30 bits per heavy atom. The zero-order valence-corrected chi connectivity index (χ0v) is 12.2. The van der Waals surface area contributed by atoms with E-state index in [1.807, 2.05) is 13.0 Å². The molecular formula is C14H16ClN3O2. The molecule has 1 N–H and O–H groups in total. The fraction of sp³-hybridized carbons (Fsp3) is 0.357. The lowest BCUT2D eigenvalue weighted by Crippen LogP contribution is -2.19. The van der Waals surface area contributed by atoms with Crippen LogP contribution in [0.3, 0.4) is 0 Å². The van der Waals surface area contributed by atoms with Crippen molar-refractivity contribution in [1.29, 1.82) is 5.26 Å². The van der Waals surface area contributed by atoms with E-state index in [0.717, 1.165) is 6.42 Å².